The van der Waals surface area contributed by atoms with Crippen molar-refractivity contribution in [3.8, 4) is 0 Å². The summed E-state index contributed by atoms with van der Waals surface area (Å²) in [5, 5.41) is 3.12. The number of amides is 2. The molecule has 1 aromatic rings. The second-order valence-electron chi connectivity index (χ2n) is 8.72. The molecule has 7 nitrogen and oxygen atoms in total. The van der Waals surface area contributed by atoms with Crippen molar-refractivity contribution in [3.63, 3.8) is 0 Å². The summed E-state index contributed by atoms with van der Waals surface area (Å²) in [6.07, 6.45) is 5.28. The van der Waals surface area contributed by atoms with E-state index >= 15 is 0 Å². The maximum atomic E-state index is 13.2. The third kappa shape index (κ3) is 5.79. The zero-order valence-electron chi connectivity index (χ0n) is 18.3. The van der Waals surface area contributed by atoms with E-state index in [1.54, 1.807) is 11.0 Å². The van der Waals surface area contributed by atoms with Crippen molar-refractivity contribution in [1.82, 2.24) is 14.5 Å². The number of likely N-dealkylation sites (tertiary alicyclic amines) is 1. The predicted octanol–water partition coefficient (Wildman–Crippen LogP) is 3.28. The maximum absolute atomic E-state index is 13.2. The highest BCUT2D eigenvalue weighted by atomic mass is 35.5. The summed E-state index contributed by atoms with van der Waals surface area (Å²) in [5.74, 6) is -0.391. The molecule has 0 radical (unpaired) electrons. The number of halogens is 1. The minimum absolute atomic E-state index is 0.0106. The molecule has 2 heterocycles. The Balaban J connectivity index is 1.78. The molecule has 0 spiro atoms. The molecule has 0 bridgehead atoms. The minimum Gasteiger partial charge on any atom is -0.351 e. The van der Waals surface area contributed by atoms with Gasteiger partial charge < -0.3 is 10.2 Å². The Morgan fingerprint density at radius 3 is 2.39 bits per heavy atom. The van der Waals surface area contributed by atoms with Gasteiger partial charge in [-0.2, -0.15) is 4.31 Å². The van der Waals surface area contributed by atoms with Crippen LogP contribution in [-0.2, 0) is 14.8 Å². The van der Waals surface area contributed by atoms with Crippen LogP contribution in [-0.4, -0.2) is 61.7 Å². The second-order valence-corrected chi connectivity index (χ2v) is 11.0. The number of rotatable bonds is 5. The first-order valence-electron chi connectivity index (χ1n) is 11.1. The number of hydrogen-bond acceptors (Lipinski definition) is 4. The number of piperidine rings is 1. The first kappa shape index (κ1) is 24.0. The lowest BCUT2D eigenvalue weighted by Gasteiger charge is -2.33. The van der Waals surface area contributed by atoms with E-state index in [0.717, 1.165) is 38.5 Å². The number of nitrogens with zero attached hydrogens (tertiary/aromatic N) is 2. The largest absolute Gasteiger partial charge is 0.351 e. The van der Waals surface area contributed by atoms with Crippen molar-refractivity contribution < 1.29 is 18.0 Å². The number of benzene rings is 1. The molecule has 2 saturated heterocycles. The molecule has 2 aliphatic heterocycles. The lowest BCUT2D eigenvalue weighted by Crippen LogP contribution is -2.50. The SMILES string of the molecule is CC(C)C(=O)NC1CCCN(C(=O)c2ccc(Cl)c(S(=O)(=O)N3CCCCCC3)c2)C1. The number of hydrogen-bond donors (Lipinski definition) is 1. The molecule has 0 aromatic heterocycles. The van der Waals surface area contributed by atoms with Crippen molar-refractivity contribution in [2.45, 2.75) is 63.3 Å². The van der Waals surface area contributed by atoms with Gasteiger partial charge in [0, 0.05) is 43.7 Å². The van der Waals surface area contributed by atoms with Gasteiger partial charge in [-0.25, -0.2) is 8.42 Å². The molecule has 1 N–H and O–H groups in total. The summed E-state index contributed by atoms with van der Waals surface area (Å²) >= 11 is 6.26. The van der Waals surface area contributed by atoms with Crippen molar-refractivity contribution in [1.29, 1.82) is 0 Å². The van der Waals surface area contributed by atoms with E-state index in [-0.39, 0.29) is 33.7 Å². The number of carbonyl (C=O) groups excluding carboxylic acids is 2. The molecule has 1 aromatic carbocycles. The first-order chi connectivity index (χ1) is 14.7. The van der Waals surface area contributed by atoms with Crippen molar-refractivity contribution in [2.75, 3.05) is 26.2 Å². The van der Waals surface area contributed by atoms with Crippen molar-refractivity contribution in [2.24, 2.45) is 5.92 Å². The minimum atomic E-state index is -3.77. The van der Waals surface area contributed by atoms with E-state index in [1.807, 2.05) is 13.8 Å². The normalized spacial score (nSPS) is 21.0. The van der Waals surface area contributed by atoms with Crippen LogP contribution in [0, 0.1) is 5.92 Å². The molecule has 9 heteroatoms. The van der Waals surface area contributed by atoms with E-state index in [9.17, 15) is 18.0 Å². The average Bonchev–Trinajstić information content (AvgIpc) is 3.04. The number of carbonyl (C=O) groups is 2. The standard InChI is InChI=1S/C22H32ClN3O4S/c1-16(2)21(27)24-18-8-7-11-25(15-18)22(28)17-9-10-19(23)20(14-17)31(29,30)26-12-5-3-4-6-13-26/h9-10,14,16,18H,3-8,11-13,15H2,1-2H3,(H,24,27). The van der Waals surface area contributed by atoms with Gasteiger partial charge in [0.2, 0.25) is 15.9 Å². The monoisotopic (exact) mass is 469 g/mol. The third-order valence-corrected chi connectivity index (χ3v) is 8.32. The molecular formula is C22H32ClN3O4S. The Morgan fingerprint density at radius 1 is 1.06 bits per heavy atom. The summed E-state index contributed by atoms with van der Waals surface area (Å²) < 4.78 is 27.9. The Kier molecular flexibility index (Phi) is 7.99. The highest BCUT2D eigenvalue weighted by molar-refractivity contribution is 7.89. The molecule has 0 aliphatic carbocycles. The van der Waals surface area contributed by atoms with E-state index in [2.05, 4.69) is 5.32 Å². The van der Waals surface area contributed by atoms with Crippen molar-refractivity contribution in [3.05, 3.63) is 28.8 Å². The molecule has 3 rings (SSSR count). The van der Waals surface area contributed by atoms with Crippen LogP contribution in [0.4, 0.5) is 0 Å². The molecule has 2 aliphatic rings. The summed E-state index contributed by atoms with van der Waals surface area (Å²) in [6, 6.07) is 4.37. The fourth-order valence-electron chi connectivity index (χ4n) is 4.09. The summed E-state index contributed by atoms with van der Waals surface area (Å²) in [5.41, 5.74) is 0.300. The Bertz CT molecular complexity index is 911. The van der Waals surface area contributed by atoms with Gasteiger partial charge in [-0.05, 0) is 43.9 Å². The molecule has 2 amide bonds. The molecule has 172 valence electrons. The lowest BCUT2D eigenvalue weighted by molar-refractivity contribution is -0.125. The predicted molar refractivity (Wildman–Crippen MR) is 121 cm³/mol. The van der Waals surface area contributed by atoms with E-state index in [0.29, 0.717) is 31.7 Å². The molecule has 31 heavy (non-hydrogen) atoms. The van der Waals surface area contributed by atoms with Gasteiger partial charge in [0.1, 0.15) is 4.90 Å². The molecule has 2 fully saturated rings. The molecular weight excluding hydrogens is 438 g/mol. The Labute approximate surface area is 190 Å². The zero-order valence-corrected chi connectivity index (χ0v) is 19.8. The maximum Gasteiger partial charge on any atom is 0.253 e. The van der Waals surface area contributed by atoms with Crippen LogP contribution in [0.5, 0.6) is 0 Å². The van der Waals surface area contributed by atoms with Crippen LogP contribution in [0.2, 0.25) is 5.02 Å². The number of nitrogens with one attached hydrogen (secondary N) is 1. The van der Waals surface area contributed by atoms with Gasteiger partial charge in [-0.1, -0.05) is 38.3 Å². The van der Waals surface area contributed by atoms with Gasteiger partial charge in [0.25, 0.3) is 5.91 Å². The fourth-order valence-corrected chi connectivity index (χ4v) is 6.10. The van der Waals surface area contributed by atoms with Crippen LogP contribution in [0.25, 0.3) is 0 Å². The van der Waals surface area contributed by atoms with Gasteiger partial charge in [0.15, 0.2) is 0 Å². The van der Waals surface area contributed by atoms with Crippen molar-refractivity contribution >= 4 is 33.4 Å². The third-order valence-electron chi connectivity index (χ3n) is 5.94. The summed E-state index contributed by atoms with van der Waals surface area (Å²) in [6.45, 7) is 5.60. The van der Waals surface area contributed by atoms with Gasteiger partial charge >= 0.3 is 0 Å². The quantitative estimate of drug-likeness (QED) is 0.716. The van der Waals surface area contributed by atoms with E-state index < -0.39 is 10.0 Å². The van der Waals surface area contributed by atoms with Gasteiger partial charge in [0.05, 0.1) is 5.02 Å². The second kappa shape index (κ2) is 10.3. The van der Waals surface area contributed by atoms with Gasteiger partial charge in [-0.3, -0.25) is 9.59 Å². The first-order valence-corrected chi connectivity index (χ1v) is 12.9. The van der Waals surface area contributed by atoms with E-state index in [1.165, 1.54) is 16.4 Å². The number of sulfonamides is 1. The topological polar surface area (TPSA) is 86.8 Å². The average molecular weight is 470 g/mol. The smallest absolute Gasteiger partial charge is 0.253 e. The fraction of sp³-hybridized carbons (Fsp3) is 0.636. The van der Waals surface area contributed by atoms with Crippen LogP contribution < -0.4 is 5.32 Å². The highest BCUT2D eigenvalue weighted by Gasteiger charge is 2.30. The molecule has 1 atom stereocenters. The summed E-state index contributed by atoms with van der Waals surface area (Å²) in [4.78, 5) is 26.8. The van der Waals surface area contributed by atoms with Crippen LogP contribution in [0.1, 0.15) is 62.7 Å². The summed E-state index contributed by atoms with van der Waals surface area (Å²) in [7, 11) is -3.77. The van der Waals surface area contributed by atoms with Crippen LogP contribution in [0.3, 0.4) is 0 Å². The Morgan fingerprint density at radius 2 is 1.74 bits per heavy atom. The van der Waals surface area contributed by atoms with Crippen LogP contribution in [0.15, 0.2) is 23.1 Å². The highest BCUT2D eigenvalue weighted by Crippen LogP contribution is 2.28. The lowest BCUT2D eigenvalue weighted by atomic mass is 10.0. The molecule has 0 saturated carbocycles. The zero-order chi connectivity index (χ0) is 22.6. The molecule has 1 unspecified atom stereocenters. The van der Waals surface area contributed by atoms with Crippen LogP contribution >= 0.6 is 11.6 Å². The van der Waals surface area contributed by atoms with E-state index in [4.69, 9.17) is 11.6 Å². The Hall–Kier alpha value is -1.64. The van der Waals surface area contributed by atoms with Gasteiger partial charge in [-0.15, -0.1) is 0 Å².